The average Bonchev–Trinajstić information content (AvgIpc) is 2.16. The van der Waals surface area contributed by atoms with E-state index in [4.69, 9.17) is 10.2 Å². The Kier molecular flexibility index (Phi) is 6.75. The largest absolute Gasteiger partial charge is 0.480 e. The van der Waals surface area contributed by atoms with E-state index in [0.29, 0.717) is 6.54 Å². The van der Waals surface area contributed by atoms with E-state index < -0.39 is 18.1 Å². The van der Waals surface area contributed by atoms with Crippen LogP contribution in [0, 0.1) is 5.92 Å². The van der Waals surface area contributed by atoms with Gasteiger partial charge in [-0.15, -0.1) is 0 Å². The molecule has 0 aliphatic carbocycles. The second-order valence-electron chi connectivity index (χ2n) is 4.46. The summed E-state index contributed by atoms with van der Waals surface area (Å²) >= 11 is 0. The SMILES string of the molecule is CC(NC(=O)C(C(C)C)N(C)CCO)C(=O)O. The van der Waals surface area contributed by atoms with Crippen LogP contribution < -0.4 is 5.32 Å². The van der Waals surface area contributed by atoms with Gasteiger partial charge in [0.25, 0.3) is 0 Å². The maximum absolute atomic E-state index is 11.9. The van der Waals surface area contributed by atoms with E-state index in [9.17, 15) is 9.59 Å². The minimum Gasteiger partial charge on any atom is -0.480 e. The highest BCUT2D eigenvalue weighted by Crippen LogP contribution is 2.09. The highest BCUT2D eigenvalue weighted by molar-refractivity contribution is 5.86. The Morgan fingerprint density at radius 1 is 1.29 bits per heavy atom. The summed E-state index contributed by atoms with van der Waals surface area (Å²) in [6, 6.07) is -1.35. The van der Waals surface area contributed by atoms with Crippen LogP contribution in [0.4, 0.5) is 0 Å². The summed E-state index contributed by atoms with van der Waals surface area (Å²) in [5.74, 6) is -1.36. The molecular formula is C11H22N2O4. The molecule has 0 aromatic heterocycles. The third-order valence-electron chi connectivity index (χ3n) is 2.56. The second-order valence-corrected chi connectivity index (χ2v) is 4.46. The van der Waals surface area contributed by atoms with E-state index >= 15 is 0 Å². The second kappa shape index (κ2) is 7.24. The summed E-state index contributed by atoms with van der Waals surface area (Å²) in [6.07, 6.45) is 0. The maximum Gasteiger partial charge on any atom is 0.325 e. The zero-order valence-electron chi connectivity index (χ0n) is 10.8. The molecule has 0 fully saturated rings. The van der Waals surface area contributed by atoms with Crippen molar-refractivity contribution in [1.29, 1.82) is 0 Å². The monoisotopic (exact) mass is 246 g/mol. The minimum atomic E-state index is -1.06. The number of amides is 1. The lowest BCUT2D eigenvalue weighted by atomic mass is 10.0. The molecule has 0 bridgehead atoms. The van der Waals surface area contributed by atoms with Crippen LogP contribution >= 0.6 is 0 Å². The maximum atomic E-state index is 11.9. The predicted octanol–water partition coefficient (Wildman–Crippen LogP) is -0.476. The van der Waals surface area contributed by atoms with E-state index in [2.05, 4.69) is 5.32 Å². The molecule has 6 heteroatoms. The van der Waals surface area contributed by atoms with Gasteiger partial charge in [-0.2, -0.15) is 0 Å². The Labute approximate surface area is 102 Å². The molecule has 0 saturated carbocycles. The van der Waals surface area contributed by atoms with Crippen molar-refractivity contribution in [3.8, 4) is 0 Å². The van der Waals surface area contributed by atoms with Crippen molar-refractivity contribution in [2.45, 2.75) is 32.9 Å². The molecular weight excluding hydrogens is 224 g/mol. The number of hydrogen-bond donors (Lipinski definition) is 3. The van der Waals surface area contributed by atoms with Crippen molar-refractivity contribution < 1.29 is 19.8 Å². The molecule has 0 aliphatic rings. The number of carboxylic acid groups (broad SMARTS) is 1. The number of aliphatic hydroxyl groups is 1. The van der Waals surface area contributed by atoms with Crippen molar-refractivity contribution in [2.24, 2.45) is 5.92 Å². The first-order valence-electron chi connectivity index (χ1n) is 5.65. The van der Waals surface area contributed by atoms with Crippen LogP contribution in [-0.4, -0.2) is 59.3 Å². The topological polar surface area (TPSA) is 89.9 Å². The van der Waals surface area contributed by atoms with Gasteiger partial charge in [0.15, 0.2) is 0 Å². The van der Waals surface area contributed by atoms with Crippen LogP contribution in [0.3, 0.4) is 0 Å². The van der Waals surface area contributed by atoms with Crippen LogP contribution in [0.25, 0.3) is 0 Å². The number of carbonyl (C=O) groups is 2. The predicted molar refractivity (Wildman–Crippen MR) is 63.6 cm³/mol. The summed E-state index contributed by atoms with van der Waals surface area (Å²) in [4.78, 5) is 24.3. The van der Waals surface area contributed by atoms with Crippen molar-refractivity contribution in [2.75, 3.05) is 20.2 Å². The third-order valence-corrected chi connectivity index (χ3v) is 2.56. The van der Waals surface area contributed by atoms with Crippen LogP contribution in [0.2, 0.25) is 0 Å². The lowest BCUT2D eigenvalue weighted by Gasteiger charge is -2.30. The highest BCUT2D eigenvalue weighted by atomic mass is 16.4. The van der Waals surface area contributed by atoms with Gasteiger partial charge < -0.3 is 15.5 Å². The molecule has 17 heavy (non-hydrogen) atoms. The fourth-order valence-corrected chi connectivity index (χ4v) is 1.67. The standard InChI is InChI=1S/C11H22N2O4/c1-7(2)9(13(4)5-6-14)10(15)12-8(3)11(16)17/h7-9,14H,5-6H2,1-4H3,(H,12,15)(H,16,17). The Morgan fingerprint density at radius 2 is 1.82 bits per heavy atom. The fourth-order valence-electron chi connectivity index (χ4n) is 1.67. The van der Waals surface area contributed by atoms with Crippen LogP contribution in [0.15, 0.2) is 0 Å². The van der Waals surface area contributed by atoms with E-state index in [0.717, 1.165) is 0 Å². The lowest BCUT2D eigenvalue weighted by molar-refractivity contribution is -0.142. The summed E-state index contributed by atoms with van der Waals surface area (Å²) in [5.41, 5.74) is 0. The van der Waals surface area contributed by atoms with Gasteiger partial charge in [0, 0.05) is 6.54 Å². The van der Waals surface area contributed by atoms with Crippen molar-refractivity contribution in [1.82, 2.24) is 10.2 Å². The molecule has 100 valence electrons. The molecule has 0 saturated heterocycles. The van der Waals surface area contributed by atoms with Gasteiger partial charge >= 0.3 is 5.97 Å². The summed E-state index contributed by atoms with van der Waals surface area (Å²) < 4.78 is 0. The number of aliphatic carboxylic acids is 1. The number of aliphatic hydroxyl groups excluding tert-OH is 1. The molecule has 0 aliphatic heterocycles. The molecule has 0 radical (unpaired) electrons. The zero-order valence-corrected chi connectivity index (χ0v) is 10.8. The quantitative estimate of drug-likeness (QED) is 0.565. The molecule has 3 N–H and O–H groups in total. The molecule has 6 nitrogen and oxygen atoms in total. The van der Waals surface area contributed by atoms with Crippen LogP contribution in [0.1, 0.15) is 20.8 Å². The first kappa shape index (κ1) is 15.9. The molecule has 1 amide bonds. The van der Waals surface area contributed by atoms with Crippen LogP contribution in [0.5, 0.6) is 0 Å². The van der Waals surface area contributed by atoms with Gasteiger partial charge in [0.1, 0.15) is 6.04 Å². The first-order valence-corrected chi connectivity index (χ1v) is 5.65. The molecule has 0 aromatic carbocycles. The van der Waals surface area contributed by atoms with Crippen LogP contribution in [-0.2, 0) is 9.59 Å². The number of rotatable bonds is 7. The Balaban J connectivity index is 4.60. The Bertz CT molecular complexity index is 268. The van der Waals surface area contributed by atoms with Crippen molar-refractivity contribution in [3.63, 3.8) is 0 Å². The lowest BCUT2D eigenvalue weighted by Crippen LogP contribution is -2.52. The zero-order chi connectivity index (χ0) is 13.6. The number of likely N-dealkylation sites (N-methyl/N-ethyl adjacent to an activating group) is 1. The fraction of sp³-hybridized carbons (Fsp3) is 0.818. The van der Waals surface area contributed by atoms with Gasteiger partial charge in [-0.3, -0.25) is 14.5 Å². The van der Waals surface area contributed by atoms with Gasteiger partial charge in [0.2, 0.25) is 5.91 Å². The molecule has 0 spiro atoms. The van der Waals surface area contributed by atoms with Gasteiger partial charge in [-0.05, 0) is 19.9 Å². The van der Waals surface area contributed by atoms with Gasteiger partial charge in [-0.1, -0.05) is 13.8 Å². The number of nitrogens with zero attached hydrogens (tertiary/aromatic N) is 1. The smallest absolute Gasteiger partial charge is 0.325 e. The van der Waals surface area contributed by atoms with E-state index in [-0.39, 0.29) is 18.4 Å². The molecule has 2 unspecified atom stereocenters. The molecule has 0 rings (SSSR count). The van der Waals surface area contributed by atoms with E-state index in [1.165, 1.54) is 6.92 Å². The first-order chi connectivity index (χ1) is 7.81. The summed E-state index contributed by atoms with van der Waals surface area (Å²) in [7, 11) is 1.73. The number of nitrogens with one attached hydrogen (secondary N) is 1. The molecule has 0 heterocycles. The van der Waals surface area contributed by atoms with Crippen molar-refractivity contribution >= 4 is 11.9 Å². The summed E-state index contributed by atoms with van der Waals surface area (Å²) in [5, 5.41) is 20.0. The van der Waals surface area contributed by atoms with Crippen molar-refractivity contribution in [3.05, 3.63) is 0 Å². The average molecular weight is 246 g/mol. The third kappa shape index (κ3) is 5.14. The molecule has 2 atom stereocenters. The van der Waals surface area contributed by atoms with Gasteiger partial charge in [-0.25, -0.2) is 0 Å². The number of carboxylic acids is 1. The molecule has 0 aromatic rings. The highest BCUT2D eigenvalue weighted by Gasteiger charge is 2.28. The van der Waals surface area contributed by atoms with E-state index in [1.54, 1.807) is 11.9 Å². The normalized spacial score (nSPS) is 14.8. The summed E-state index contributed by atoms with van der Waals surface area (Å²) in [6.45, 7) is 5.51. The van der Waals surface area contributed by atoms with E-state index in [1.807, 2.05) is 13.8 Å². The Hall–Kier alpha value is -1.14. The number of carbonyl (C=O) groups excluding carboxylic acids is 1. The minimum absolute atomic E-state index is 0.0348. The van der Waals surface area contributed by atoms with Gasteiger partial charge in [0.05, 0.1) is 12.6 Å². The Morgan fingerprint density at radius 3 is 2.18 bits per heavy atom. The number of hydrogen-bond acceptors (Lipinski definition) is 4.